The molecule has 0 spiro atoms. The normalized spacial score (nSPS) is 15.0. The van der Waals surface area contributed by atoms with E-state index in [1.54, 1.807) is 6.26 Å². The van der Waals surface area contributed by atoms with Crippen LogP contribution in [0.4, 0.5) is 0 Å². The summed E-state index contributed by atoms with van der Waals surface area (Å²) in [7, 11) is -0.854. The third-order valence-corrected chi connectivity index (χ3v) is 2.88. The Bertz CT molecular complexity index is 219. The Hall–Kier alpha value is -0.420. The van der Waals surface area contributed by atoms with Crippen molar-refractivity contribution in [3.63, 3.8) is 0 Å². The molecule has 0 aromatic carbocycles. The predicted molar refractivity (Wildman–Crippen MR) is 63.9 cm³/mol. The van der Waals surface area contributed by atoms with Crippen LogP contribution in [0.2, 0.25) is 0 Å². The summed E-state index contributed by atoms with van der Waals surface area (Å²) in [5, 5.41) is 2.76. The van der Waals surface area contributed by atoms with Crippen LogP contribution < -0.4 is 11.1 Å². The Kier molecular flexibility index (Phi) is 7.60. The largest absolute Gasteiger partial charge is 0.355 e. The van der Waals surface area contributed by atoms with E-state index in [1.165, 1.54) is 0 Å². The molecular formula is C10H22N2O2S. The zero-order valence-electron chi connectivity index (χ0n) is 9.79. The van der Waals surface area contributed by atoms with Gasteiger partial charge in [0.15, 0.2) is 0 Å². The molecule has 2 atom stereocenters. The molecule has 0 radical (unpaired) electrons. The molecular weight excluding hydrogens is 212 g/mol. The quantitative estimate of drug-likeness (QED) is 0.656. The topological polar surface area (TPSA) is 72.2 Å². The highest BCUT2D eigenvalue weighted by molar-refractivity contribution is 7.84. The summed E-state index contributed by atoms with van der Waals surface area (Å²) < 4.78 is 10.8. The number of hydrogen-bond acceptors (Lipinski definition) is 3. The van der Waals surface area contributed by atoms with E-state index in [-0.39, 0.29) is 11.8 Å². The minimum absolute atomic E-state index is 0.0170. The summed E-state index contributed by atoms with van der Waals surface area (Å²) in [4.78, 5) is 11.6. The number of carbonyl (C=O) groups is 1. The number of hydrogen-bond donors (Lipinski definition) is 2. The van der Waals surface area contributed by atoms with Crippen LogP contribution in [-0.2, 0) is 15.6 Å². The van der Waals surface area contributed by atoms with Crippen molar-refractivity contribution in [2.24, 2.45) is 17.6 Å². The average Bonchev–Trinajstić information content (AvgIpc) is 2.13. The lowest BCUT2D eigenvalue weighted by Gasteiger charge is -2.16. The molecule has 3 N–H and O–H groups in total. The lowest BCUT2D eigenvalue weighted by molar-refractivity contribution is -0.125. The molecule has 0 fully saturated rings. The second-order valence-electron chi connectivity index (χ2n) is 4.13. The average molecular weight is 234 g/mol. The van der Waals surface area contributed by atoms with Crippen molar-refractivity contribution in [1.29, 1.82) is 0 Å². The van der Waals surface area contributed by atoms with Crippen molar-refractivity contribution in [2.45, 2.75) is 20.3 Å². The number of amides is 1. The van der Waals surface area contributed by atoms with Crippen LogP contribution in [0.1, 0.15) is 20.3 Å². The Morgan fingerprint density at radius 3 is 2.47 bits per heavy atom. The van der Waals surface area contributed by atoms with Gasteiger partial charge in [0.2, 0.25) is 5.91 Å². The van der Waals surface area contributed by atoms with E-state index in [1.807, 2.05) is 0 Å². The van der Waals surface area contributed by atoms with Crippen molar-refractivity contribution < 1.29 is 9.00 Å². The van der Waals surface area contributed by atoms with Gasteiger partial charge in [-0.3, -0.25) is 9.00 Å². The summed E-state index contributed by atoms with van der Waals surface area (Å²) in [5.74, 6) is 0.835. The maximum Gasteiger partial charge on any atom is 0.224 e. The fraction of sp³-hybridized carbons (Fsp3) is 0.900. The molecule has 0 aromatic rings. The van der Waals surface area contributed by atoms with Crippen LogP contribution in [0.3, 0.4) is 0 Å². The summed E-state index contributed by atoms with van der Waals surface area (Å²) in [5.41, 5.74) is 5.53. The molecule has 0 saturated heterocycles. The molecule has 0 aliphatic rings. The van der Waals surface area contributed by atoms with Crippen LogP contribution in [0.25, 0.3) is 0 Å². The molecule has 0 saturated carbocycles. The first-order valence-electron chi connectivity index (χ1n) is 5.25. The molecule has 15 heavy (non-hydrogen) atoms. The lowest BCUT2D eigenvalue weighted by Crippen LogP contribution is -2.37. The van der Waals surface area contributed by atoms with Gasteiger partial charge in [-0.05, 0) is 12.3 Å². The molecule has 0 aliphatic heterocycles. The standard InChI is InChI=1S/C10H22N2O2S/c1-8(2)6-9(7-11)10(13)12-4-5-15(3)14/h8-9H,4-7,11H2,1-3H3,(H,12,13). The Balaban J connectivity index is 3.88. The summed E-state index contributed by atoms with van der Waals surface area (Å²) in [6.45, 7) is 4.98. The van der Waals surface area contributed by atoms with Crippen LogP contribution in [0, 0.1) is 11.8 Å². The predicted octanol–water partition coefficient (Wildman–Crippen LogP) is 0.102. The highest BCUT2D eigenvalue weighted by atomic mass is 32.2. The zero-order chi connectivity index (χ0) is 11.8. The van der Waals surface area contributed by atoms with Gasteiger partial charge in [-0.15, -0.1) is 0 Å². The van der Waals surface area contributed by atoms with Crippen molar-refractivity contribution in [3.8, 4) is 0 Å². The van der Waals surface area contributed by atoms with Gasteiger partial charge in [0.05, 0.1) is 5.92 Å². The van der Waals surface area contributed by atoms with Crippen LogP contribution in [0.15, 0.2) is 0 Å². The lowest BCUT2D eigenvalue weighted by atomic mass is 9.96. The minimum Gasteiger partial charge on any atom is -0.355 e. The van der Waals surface area contributed by atoms with E-state index < -0.39 is 10.8 Å². The highest BCUT2D eigenvalue weighted by Gasteiger charge is 2.17. The Labute approximate surface area is 94.4 Å². The van der Waals surface area contributed by atoms with Crippen molar-refractivity contribution in [3.05, 3.63) is 0 Å². The number of nitrogens with two attached hydrogens (primary N) is 1. The maximum atomic E-state index is 11.6. The van der Waals surface area contributed by atoms with E-state index >= 15 is 0 Å². The molecule has 90 valence electrons. The first-order chi connectivity index (χ1) is 6.97. The monoisotopic (exact) mass is 234 g/mol. The molecule has 0 aromatic heterocycles. The van der Waals surface area contributed by atoms with Crippen molar-refractivity contribution >= 4 is 16.7 Å². The van der Waals surface area contributed by atoms with Gasteiger partial charge >= 0.3 is 0 Å². The fourth-order valence-electron chi connectivity index (χ4n) is 1.34. The van der Waals surface area contributed by atoms with Crippen molar-refractivity contribution in [1.82, 2.24) is 5.32 Å². The molecule has 1 amide bonds. The smallest absolute Gasteiger partial charge is 0.224 e. The molecule has 0 bridgehead atoms. The van der Waals surface area contributed by atoms with Gasteiger partial charge in [0.1, 0.15) is 0 Å². The number of rotatable bonds is 7. The number of nitrogens with one attached hydrogen (secondary N) is 1. The second kappa shape index (κ2) is 7.82. The highest BCUT2D eigenvalue weighted by Crippen LogP contribution is 2.10. The van der Waals surface area contributed by atoms with Gasteiger partial charge in [-0.2, -0.15) is 0 Å². The molecule has 0 heterocycles. The molecule has 5 heteroatoms. The van der Waals surface area contributed by atoms with E-state index in [9.17, 15) is 9.00 Å². The fourth-order valence-corrected chi connectivity index (χ4v) is 1.73. The van der Waals surface area contributed by atoms with Crippen LogP contribution >= 0.6 is 0 Å². The Morgan fingerprint density at radius 1 is 1.47 bits per heavy atom. The molecule has 0 rings (SSSR count). The van der Waals surface area contributed by atoms with Crippen LogP contribution in [-0.4, -0.2) is 35.2 Å². The van der Waals surface area contributed by atoms with Gasteiger partial charge in [0.25, 0.3) is 0 Å². The van der Waals surface area contributed by atoms with E-state index in [0.29, 0.717) is 24.8 Å². The van der Waals surface area contributed by atoms with Gasteiger partial charge in [-0.25, -0.2) is 0 Å². The summed E-state index contributed by atoms with van der Waals surface area (Å²) in [6.07, 6.45) is 2.43. The van der Waals surface area contributed by atoms with Gasteiger partial charge < -0.3 is 11.1 Å². The van der Waals surface area contributed by atoms with Gasteiger partial charge in [0, 0.05) is 35.9 Å². The maximum absolute atomic E-state index is 11.6. The zero-order valence-corrected chi connectivity index (χ0v) is 10.6. The minimum atomic E-state index is -0.854. The second-order valence-corrected chi connectivity index (χ2v) is 5.69. The third kappa shape index (κ3) is 7.50. The molecule has 4 nitrogen and oxygen atoms in total. The van der Waals surface area contributed by atoms with E-state index in [4.69, 9.17) is 5.73 Å². The SMILES string of the molecule is CC(C)CC(CN)C(=O)NCCS(C)=O. The first-order valence-corrected chi connectivity index (χ1v) is 6.97. The summed E-state index contributed by atoms with van der Waals surface area (Å²) in [6, 6.07) is 0. The summed E-state index contributed by atoms with van der Waals surface area (Å²) >= 11 is 0. The molecule has 0 aliphatic carbocycles. The van der Waals surface area contributed by atoms with E-state index in [0.717, 1.165) is 6.42 Å². The van der Waals surface area contributed by atoms with Crippen molar-refractivity contribution in [2.75, 3.05) is 25.1 Å². The number of carbonyl (C=O) groups excluding carboxylic acids is 1. The molecule has 2 unspecified atom stereocenters. The third-order valence-electron chi connectivity index (χ3n) is 2.10. The first kappa shape index (κ1) is 14.6. The van der Waals surface area contributed by atoms with E-state index in [2.05, 4.69) is 19.2 Å². The van der Waals surface area contributed by atoms with Crippen LogP contribution in [0.5, 0.6) is 0 Å². The Morgan fingerprint density at radius 2 is 2.07 bits per heavy atom. The van der Waals surface area contributed by atoms with Gasteiger partial charge in [-0.1, -0.05) is 13.8 Å².